The molecule has 0 spiro atoms. The number of terminal acetylenes is 1. The van der Waals surface area contributed by atoms with E-state index in [0.29, 0.717) is 32.4 Å². The molecule has 2 aromatic rings. The van der Waals surface area contributed by atoms with E-state index < -0.39 is 61.4 Å². The van der Waals surface area contributed by atoms with Crippen LogP contribution in [0.25, 0.3) is 0 Å². The lowest BCUT2D eigenvalue weighted by Crippen LogP contribution is -2.56. The quantitative estimate of drug-likeness (QED) is 0.386. The summed E-state index contributed by atoms with van der Waals surface area (Å²) in [5.74, 6) is -3.31. The summed E-state index contributed by atoms with van der Waals surface area (Å²) in [6, 6.07) is 9.36. The number of rotatable bonds is 10. The Morgan fingerprint density at radius 1 is 1.23 bits per heavy atom. The molecular weight excluding hydrogens is 532 g/mol. The van der Waals surface area contributed by atoms with Crippen molar-refractivity contribution in [1.82, 2.24) is 15.5 Å². The summed E-state index contributed by atoms with van der Waals surface area (Å²) in [4.78, 5) is 39.2. The Morgan fingerprint density at radius 3 is 2.49 bits per heavy atom. The molecule has 39 heavy (non-hydrogen) atoms. The Balaban J connectivity index is 1.78. The van der Waals surface area contributed by atoms with E-state index in [1.54, 1.807) is 56.3 Å². The summed E-state index contributed by atoms with van der Waals surface area (Å²) >= 11 is 6.04. The Bertz CT molecular complexity index is 1230. The molecule has 3 atom stereocenters. The van der Waals surface area contributed by atoms with Gasteiger partial charge >= 0.3 is 0 Å². The molecule has 0 bridgehead atoms. The smallest absolute Gasteiger partial charge is 0.267 e. The second-order valence-electron chi connectivity index (χ2n) is 9.43. The number of ether oxygens (including phenoxy) is 1. The average molecular weight is 562 g/mol. The predicted octanol–water partition coefficient (Wildman–Crippen LogP) is 2.41. The van der Waals surface area contributed by atoms with Crippen LogP contribution in [0.4, 0.5) is 8.78 Å². The molecule has 11 heteroatoms. The lowest BCUT2D eigenvalue weighted by atomic mass is 9.99. The zero-order valence-corrected chi connectivity index (χ0v) is 22.3. The maximum Gasteiger partial charge on any atom is 0.267 e. The Labute approximate surface area is 230 Å². The first-order chi connectivity index (χ1) is 18.4. The summed E-state index contributed by atoms with van der Waals surface area (Å²) in [7, 11) is 0. The van der Waals surface area contributed by atoms with Gasteiger partial charge in [-0.3, -0.25) is 14.4 Å². The molecule has 0 radical (unpaired) electrons. The molecule has 1 fully saturated rings. The van der Waals surface area contributed by atoms with Crippen molar-refractivity contribution in [3.8, 4) is 18.1 Å². The van der Waals surface area contributed by atoms with Crippen LogP contribution in [0, 0.1) is 26.2 Å². The van der Waals surface area contributed by atoms with Crippen molar-refractivity contribution in [3.05, 3.63) is 64.2 Å². The van der Waals surface area contributed by atoms with Crippen LogP contribution in [0.3, 0.4) is 0 Å². The third kappa shape index (κ3) is 7.91. The number of alkyl halides is 2. The van der Waals surface area contributed by atoms with Gasteiger partial charge < -0.3 is 25.4 Å². The van der Waals surface area contributed by atoms with E-state index in [1.807, 2.05) is 0 Å². The highest BCUT2D eigenvalue weighted by atomic mass is 35.5. The number of benzene rings is 2. The van der Waals surface area contributed by atoms with Gasteiger partial charge in [0.15, 0.2) is 12.7 Å². The van der Waals surface area contributed by atoms with Crippen molar-refractivity contribution < 1.29 is 33.0 Å². The van der Waals surface area contributed by atoms with Crippen LogP contribution >= 0.6 is 11.6 Å². The van der Waals surface area contributed by atoms with E-state index in [-0.39, 0.29) is 13.0 Å². The first-order valence-corrected chi connectivity index (χ1v) is 12.6. The van der Waals surface area contributed by atoms with E-state index >= 15 is 0 Å². The molecule has 0 aliphatic carbocycles. The first kappa shape index (κ1) is 29.9. The van der Waals surface area contributed by atoms with Crippen molar-refractivity contribution >= 4 is 29.3 Å². The molecule has 3 amide bonds. The number of hydrogen-bond acceptors (Lipinski definition) is 5. The Hall–Kier alpha value is -3.68. The fourth-order valence-corrected chi connectivity index (χ4v) is 4.83. The van der Waals surface area contributed by atoms with Gasteiger partial charge in [-0.1, -0.05) is 47.9 Å². The first-order valence-electron chi connectivity index (χ1n) is 12.2. The second kappa shape index (κ2) is 12.9. The number of nitrogens with one attached hydrogen (secondary N) is 2. The fourth-order valence-electron chi connectivity index (χ4n) is 4.50. The number of aryl methyl sites for hydroxylation is 2. The fraction of sp³-hybridized carbons (Fsp3) is 0.393. The number of hydrogen-bond donors (Lipinski definition) is 3. The normalized spacial score (nSPS) is 17.6. The van der Waals surface area contributed by atoms with Crippen LogP contribution in [0.5, 0.6) is 5.75 Å². The molecular formula is C28H30ClF2N3O5. The third-order valence-corrected chi connectivity index (χ3v) is 6.49. The van der Waals surface area contributed by atoms with Gasteiger partial charge in [0.25, 0.3) is 17.7 Å². The number of amides is 3. The molecule has 0 aromatic heterocycles. The molecule has 1 heterocycles. The van der Waals surface area contributed by atoms with Gasteiger partial charge in [-0.2, -0.15) is 0 Å². The van der Waals surface area contributed by atoms with Gasteiger partial charge in [-0.15, -0.1) is 6.42 Å². The zero-order chi connectivity index (χ0) is 28.7. The van der Waals surface area contributed by atoms with E-state index in [9.17, 15) is 28.3 Å². The molecule has 2 aromatic carbocycles. The topological polar surface area (TPSA) is 108 Å². The summed E-state index contributed by atoms with van der Waals surface area (Å²) in [5, 5.41) is 16.4. The standard InChI is InChI=1S/C28H30ClF2N3O5/c1-4-10-32-26(37)22-14-28(30,31)16-34(22)27(38)24(36)21(13-19-8-6-5-7-9-19)33-23(35)15-39-25-17(2)11-20(29)12-18(25)3/h1,5-9,11-12,21-22,24,36H,10,13-16H2,2-3H3,(H,32,37)(H,33,35). The average Bonchev–Trinajstić information content (AvgIpc) is 3.21. The van der Waals surface area contributed by atoms with Crippen LogP contribution in [0.1, 0.15) is 23.1 Å². The minimum Gasteiger partial charge on any atom is -0.483 e. The largest absolute Gasteiger partial charge is 0.483 e. The molecule has 3 rings (SSSR count). The van der Waals surface area contributed by atoms with Crippen LogP contribution in [0.15, 0.2) is 42.5 Å². The highest BCUT2D eigenvalue weighted by Crippen LogP contribution is 2.33. The molecule has 0 saturated carbocycles. The lowest BCUT2D eigenvalue weighted by Gasteiger charge is -2.30. The van der Waals surface area contributed by atoms with E-state index in [0.717, 1.165) is 0 Å². The van der Waals surface area contributed by atoms with Crippen LogP contribution in [-0.2, 0) is 20.8 Å². The van der Waals surface area contributed by atoms with Crippen LogP contribution < -0.4 is 15.4 Å². The monoisotopic (exact) mass is 561 g/mol. The number of carbonyl (C=O) groups is 3. The Morgan fingerprint density at radius 2 is 1.87 bits per heavy atom. The van der Waals surface area contributed by atoms with Crippen LogP contribution in [0.2, 0.25) is 5.02 Å². The summed E-state index contributed by atoms with van der Waals surface area (Å²) < 4.78 is 34.2. The van der Waals surface area contributed by atoms with Crippen molar-refractivity contribution in [2.24, 2.45) is 0 Å². The second-order valence-corrected chi connectivity index (χ2v) is 9.87. The molecule has 3 unspecified atom stereocenters. The maximum absolute atomic E-state index is 14.3. The number of likely N-dealkylation sites (tertiary alicyclic amines) is 1. The highest BCUT2D eigenvalue weighted by Gasteiger charge is 2.51. The molecule has 1 aliphatic heterocycles. The Kier molecular flexibility index (Phi) is 9.89. The number of aliphatic hydroxyl groups is 1. The van der Waals surface area contributed by atoms with E-state index in [4.69, 9.17) is 22.8 Å². The summed E-state index contributed by atoms with van der Waals surface area (Å²) in [6.45, 7) is 1.85. The van der Waals surface area contributed by atoms with E-state index in [1.165, 1.54) is 0 Å². The molecule has 1 aliphatic rings. The number of aliphatic hydroxyl groups excluding tert-OH is 1. The van der Waals surface area contributed by atoms with E-state index in [2.05, 4.69) is 16.6 Å². The van der Waals surface area contributed by atoms with Crippen molar-refractivity contribution in [2.45, 2.75) is 50.8 Å². The van der Waals surface area contributed by atoms with Gasteiger partial charge in [0.2, 0.25) is 5.91 Å². The molecule has 208 valence electrons. The minimum absolute atomic E-state index is 0.0106. The number of nitrogens with zero attached hydrogens (tertiary/aromatic N) is 1. The van der Waals surface area contributed by atoms with Gasteiger partial charge in [0.1, 0.15) is 11.8 Å². The summed E-state index contributed by atoms with van der Waals surface area (Å²) in [6.07, 6.45) is 2.30. The zero-order valence-electron chi connectivity index (χ0n) is 21.5. The predicted molar refractivity (Wildman–Crippen MR) is 141 cm³/mol. The van der Waals surface area contributed by atoms with Crippen LogP contribution in [-0.4, -0.2) is 71.5 Å². The van der Waals surface area contributed by atoms with Crippen molar-refractivity contribution in [1.29, 1.82) is 0 Å². The minimum atomic E-state index is -3.34. The molecule has 8 nitrogen and oxygen atoms in total. The summed E-state index contributed by atoms with van der Waals surface area (Å²) in [5.41, 5.74) is 2.11. The maximum atomic E-state index is 14.3. The third-order valence-electron chi connectivity index (χ3n) is 6.27. The number of carbonyl (C=O) groups excluding carboxylic acids is 3. The van der Waals surface area contributed by atoms with Gasteiger partial charge in [-0.25, -0.2) is 8.78 Å². The number of halogens is 3. The lowest BCUT2D eigenvalue weighted by molar-refractivity contribution is -0.147. The van der Waals surface area contributed by atoms with Crippen molar-refractivity contribution in [3.63, 3.8) is 0 Å². The highest BCUT2D eigenvalue weighted by molar-refractivity contribution is 6.30. The molecule has 1 saturated heterocycles. The molecule has 3 N–H and O–H groups in total. The van der Waals surface area contributed by atoms with Crippen molar-refractivity contribution in [2.75, 3.05) is 19.7 Å². The van der Waals surface area contributed by atoms with Gasteiger partial charge in [-0.05, 0) is 49.1 Å². The van der Waals surface area contributed by atoms with Gasteiger partial charge in [0.05, 0.1) is 19.1 Å². The SMILES string of the molecule is C#CCNC(=O)C1CC(F)(F)CN1C(=O)C(O)C(Cc1ccccc1)NC(=O)COc1c(C)cc(Cl)cc1C. The van der Waals surface area contributed by atoms with Gasteiger partial charge in [0, 0.05) is 11.4 Å².